The summed E-state index contributed by atoms with van der Waals surface area (Å²) in [5.74, 6) is -4.78. The smallest absolute Gasteiger partial charge is 0.252 e. The molecule has 0 saturated heterocycles. The average Bonchev–Trinajstić information content (AvgIpc) is 2.96. The number of nitrogens with one attached hydrogen (secondary N) is 1. The summed E-state index contributed by atoms with van der Waals surface area (Å²) >= 11 is 0. The van der Waals surface area contributed by atoms with Crippen LogP contribution >= 0.6 is 0 Å². The number of amides is 1. The molecule has 0 aromatic heterocycles. The molecular weight excluding hydrogens is 532 g/mol. The summed E-state index contributed by atoms with van der Waals surface area (Å²) < 4.78 is 0. The lowest BCUT2D eigenvalue weighted by molar-refractivity contribution is -0.143. The van der Waals surface area contributed by atoms with Crippen molar-refractivity contribution in [1.29, 1.82) is 0 Å². The molecule has 0 fully saturated rings. The number of phenols is 1. The average molecular weight is 565 g/mol. The van der Waals surface area contributed by atoms with Crippen molar-refractivity contribution in [2.45, 2.75) is 44.9 Å². The number of hydrogen-bond acceptors (Lipinski definition) is 7. The molecule has 6 N–H and O–H groups in total. The molecule has 214 valence electrons. The van der Waals surface area contributed by atoms with Crippen LogP contribution in [0.3, 0.4) is 0 Å². The number of phenolic OH excluding ortho intramolecular Hbond substituents is 1. The van der Waals surface area contributed by atoms with Gasteiger partial charge in [-0.3, -0.25) is 14.4 Å². The van der Waals surface area contributed by atoms with Gasteiger partial charge in [-0.2, -0.15) is 0 Å². The minimum atomic E-state index is -2.42. The van der Waals surface area contributed by atoms with Crippen LogP contribution in [-0.4, -0.2) is 38.4 Å². The van der Waals surface area contributed by atoms with Crippen molar-refractivity contribution in [2.24, 2.45) is 17.6 Å². The molecule has 42 heavy (non-hydrogen) atoms. The Labute approximate surface area is 243 Å². The lowest BCUT2D eigenvalue weighted by atomic mass is 9.59. The third-order valence-corrected chi connectivity index (χ3v) is 8.96. The van der Waals surface area contributed by atoms with E-state index in [1.54, 1.807) is 13.0 Å². The second kappa shape index (κ2) is 10.4. The molecule has 0 spiro atoms. The Morgan fingerprint density at radius 3 is 2.29 bits per heavy atom. The van der Waals surface area contributed by atoms with Gasteiger partial charge in [0, 0.05) is 24.6 Å². The minimum Gasteiger partial charge on any atom is -0.508 e. The maximum absolute atomic E-state index is 13.8. The van der Waals surface area contributed by atoms with Crippen LogP contribution in [0, 0.1) is 11.8 Å². The molecule has 0 saturated carbocycles. The van der Waals surface area contributed by atoms with E-state index in [2.05, 4.69) is 17.4 Å². The lowest BCUT2D eigenvalue weighted by Crippen LogP contribution is -2.57. The van der Waals surface area contributed by atoms with Crippen LogP contribution < -0.4 is 11.1 Å². The Kier molecular flexibility index (Phi) is 6.83. The first kappa shape index (κ1) is 27.6. The first-order chi connectivity index (χ1) is 20.1. The Morgan fingerprint density at radius 2 is 1.62 bits per heavy atom. The van der Waals surface area contributed by atoms with Crippen molar-refractivity contribution in [3.8, 4) is 16.9 Å². The predicted molar refractivity (Wildman–Crippen MR) is 156 cm³/mol. The van der Waals surface area contributed by atoms with Gasteiger partial charge in [0.15, 0.2) is 11.4 Å². The number of ketones is 2. The van der Waals surface area contributed by atoms with Crippen molar-refractivity contribution in [2.75, 3.05) is 0 Å². The number of Topliss-reactive ketones (excluding diaryl/α,β-unsaturated/α-hetero) is 2. The molecular formula is C34H32N2O6. The zero-order valence-corrected chi connectivity index (χ0v) is 23.2. The quantitative estimate of drug-likeness (QED) is 0.284. The van der Waals surface area contributed by atoms with Crippen LogP contribution in [0.2, 0.25) is 0 Å². The fourth-order valence-corrected chi connectivity index (χ4v) is 6.91. The fourth-order valence-electron chi connectivity index (χ4n) is 6.91. The lowest BCUT2D eigenvalue weighted by Gasteiger charge is -2.46. The molecule has 0 unspecified atom stereocenters. The van der Waals surface area contributed by atoms with Gasteiger partial charge in [-0.15, -0.1) is 0 Å². The number of aliphatic hydroxyl groups excluding tert-OH is 1. The van der Waals surface area contributed by atoms with Crippen molar-refractivity contribution in [1.82, 2.24) is 5.32 Å². The standard InChI is InChI=1S/C34H32N2O6/c1-18-13-23-14-22-15-25-24(21-9-7-20(8-10-21)17-36-16-19-5-3-2-4-6-19)11-12-26(37)29(25)30(38)28(22)32(40)34(23,42)31(39)27(18)33(35)41/h2-12,22-23,36-37,40,42H,13-17H2,1H3,(H2,35,41)/t22-,23-,34-/m1/s1. The summed E-state index contributed by atoms with van der Waals surface area (Å²) in [6.07, 6.45) is 0.760. The van der Waals surface area contributed by atoms with E-state index in [0.717, 1.165) is 23.2 Å². The first-order valence-corrected chi connectivity index (χ1v) is 14.0. The number of aromatic hydroxyl groups is 1. The van der Waals surface area contributed by atoms with E-state index in [1.165, 1.54) is 11.6 Å². The number of aliphatic hydroxyl groups is 2. The van der Waals surface area contributed by atoms with Gasteiger partial charge in [0.2, 0.25) is 5.78 Å². The molecule has 6 rings (SSSR count). The Balaban J connectivity index is 1.32. The molecule has 3 atom stereocenters. The van der Waals surface area contributed by atoms with Crippen LogP contribution in [0.15, 0.2) is 89.2 Å². The molecule has 3 aromatic rings. The molecule has 3 aliphatic rings. The van der Waals surface area contributed by atoms with E-state index >= 15 is 0 Å². The zero-order valence-electron chi connectivity index (χ0n) is 23.2. The first-order valence-electron chi connectivity index (χ1n) is 14.0. The number of rotatable bonds is 6. The second-order valence-corrected chi connectivity index (χ2v) is 11.5. The Morgan fingerprint density at radius 1 is 0.952 bits per heavy atom. The highest BCUT2D eigenvalue weighted by atomic mass is 16.3. The van der Waals surface area contributed by atoms with E-state index in [1.807, 2.05) is 42.5 Å². The monoisotopic (exact) mass is 564 g/mol. The van der Waals surface area contributed by atoms with Gasteiger partial charge in [0.1, 0.15) is 11.5 Å². The number of allylic oxidation sites excluding steroid dienone is 2. The molecule has 8 heteroatoms. The van der Waals surface area contributed by atoms with Crippen molar-refractivity contribution >= 4 is 17.5 Å². The summed E-state index contributed by atoms with van der Waals surface area (Å²) in [6, 6.07) is 21.4. The predicted octanol–water partition coefficient (Wildman–Crippen LogP) is 4.04. The van der Waals surface area contributed by atoms with Crippen molar-refractivity contribution in [3.63, 3.8) is 0 Å². The molecule has 0 radical (unpaired) electrons. The minimum absolute atomic E-state index is 0.0473. The number of fused-ring (bicyclic) bond motifs is 3. The highest BCUT2D eigenvalue weighted by Crippen LogP contribution is 2.52. The van der Waals surface area contributed by atoms with Gasteiger partial charge in [0.05, 0.1) is 11.1 Å². The molecule has 8 nitrogen and oxygen atoms in total. The molecule has 0 aliphatic heterocycles. The maximum Gasteiger partial charge on any atom is 0.252 e. The van der Waals surface area contributed by atoms with Gasteiger partial charge >= 0.3 is 0 Å². The van der Waals surface area contributed by atoms with E-state index in [9.17, 15) is 29.7 Å². The van der Waals surface area contributed by atoms with Crippen LogP contribution in [0.4, 0.5) is 0 Å². The summed E-state index contributed by atoms with van der Waals surface area (Å²) in [5.41, 5.74) is 7.71. The van der Waals surface area contributed by atoms with Crippen molar-refractivity contribution in [3.05, 3.63) is 111 Å². The third kappa shape index (κ3) is 4.35. The summed E-state index contributed by atoms with van der Waals surface area (Å²) in [7, 11) is 0. The number of primary amides is 1. The number of carbonyl (C=O) groups is 3. The molecule has 3 aromatic carbocycles. The summed E-state index contributed by atoms with van der Waals surface area (Å²) in [5, 5.41) is 37.0. The largest absolute Gasteiger partial charge is 0.508 e. The topological polar surface area (TPSA) is 150 Å². The third-order valence-electron chi connectivity index (χ3n) is 8.96. The molecule has 0 heterocycles. The van der Waals surface area contributed by atoms with Crippen LogP contribution in [-0.2, 0) is 29.1 Å². The van der Waals surface area contributed by atoms with Gasteiger partial charge in [0.25, 0.3) is 5.91 Å². The van der Waals surface area contributed by atoms with E-state index in [0.29, 0.717) is 24.1 Å². The number of benzene rings is 3. The maximum atomic E-state index is 13.8. The number of carbonyl (C=O) groups excluding carboxylic acids is 3. The fraction of sp³-hybridized carbons (Fsp3) is 0.265. The number of hydrogen-bond donors (Lipinski definition) is 5. The highest BCUT2D eigenvalue weighted by molar-refractivity contribution is 6.24. The Bertz CT molecular complexity index is 1690. The highest BCUT2D eigenvalue weighted by Gasteiger charge is 2.59. The summed E-state index contributed by atoms with van der Waals surface area (Å²) in [6.45, 7) is 3.05. The van der Waals surface area contributed by atoms with Gasteiger partial charge < -0.3 is 26.4 Å². The van der Waals surface area contributed by atoms with Crippen LogP contribution in [0.1, 0.15) is 46.8 Å². The zero-order chi connectivity index (χ0) is 29.8. The molecule has 1 amide bonds. The Hall–Kier alpha value is -4.53. The molecule has 0 bridgehead atoms. The van der Waals surface area contributed by atoms with E-state index in [-0.39, 0.29) is 35.3 Å². The normalized spacial score (nSPS) is 23.4. The van der Waals surface area contributed by atoms with Gasteiger partial charge in [-0.05, 0) is 66.0 Å². The van der Waals surface area contributed by atoms with Crippen molar-refractivity contribution < 1.29 is 29.7 Å². The van der Waals surface area contributed by atoms with Crippen LogP contribution in [0.5, 0.6) is 5.75 Å². The summed E-state index contributed by atoms with van der Waals surface area (Å²) in [4.78, 5) is 39.1. The SMILES string of the molecule is CC1=C(C(N)=O)C(=O)[C@@]2(O)C(O)=C3C(=O)c4c(O)ccc(-c5ccc(CNCc6ccccc6)cc5)c4C[C@H]3C[C@H]2C1. The van der Waals surface area contributed by atoms with Crippen LogP contribution in [0.25, 0.3) is 11.1 Å². The van der Waals surface area contributed by atoms with E-state index in [4.69, 9.17) is 5.73 Å². The second-order valence-electron chi connectivity index (χ2n) is 11.5. The molecule has 3 aliphatic carbocycles. The van der Waals surface area contributed by atoms with Gasteiger partial charge in [-0.1, -0.05) is 66.2 Å². The van der Waals surface area contributed by atoms with Gasteiger partial charge in [-0.25, -0.2) is 0 Å². The van der Waals surface area contributed by atoms with E-state index < -0.39 is 40.7 Å². The number of nitrogens with two attached hydrogens (primary N) is 1.